The second-order valence-electron chi connectivity index (χ2n) is 3.69. The molecule has 2 heteroatoms. The van der Waals surface area contributed by atoms with Crippen molar-refractivity contribution in [2.24, 2.45) is 11.8 Å². The molecule has 0 spiro atoms. The van der Waals surface area contributed by atoms with Crippen molar-refractivity contribution in [3.05, 3.63) is 12.2 Å². The summed E-state index contributed by atoms with van der Waals surface area (Å²) in [6.07, 6.45) is 5.08. The predicted octanol–water partition coefficient (Wildman–Crippen LogP) is 2.79. The van der Waals surface area contributed by atoms with E-state index in [4.69, 9.17) is 4.74 Å². The van der Waals surface area contributed by atoms with Gasteiger partial charge in [0.2, 0.25) is 0 Å². The molecule has 0 saturated carbocycles. The minimum absolute atomic E-state index is 0.0195. The zero-order chi connectivity index (χ0) is 10.3. The fraction of sp³-hybridized carbons (Fsp3) is 0.727. The molecule has 0 aliphatic carbocycles. The minimum atomic E-state index is -0.104. The molecular weight excluding hydrogens is 164 g/mol. The van der Waals surface area contributed by atoms with Gasteiger partial charge < -0.3 is 4.74 Å². The molecule has 1 atom stereocenters. The van der Waals surface area contributed by atoms with E-state index in [1.807, 2.05) is 26.8 Å². The lowest BCUT2D eigenvalue weighted by atomic mass is 10.1. The van der Waals surface area contributed by atoms with Crippen molar-refractivity contribution >= 4 is 5.97 Å². The molecule has 76 valence electrons. The van der Waals surface area contributed by atoms with Crippen LogP contribution in [0.15, 0.2) is 12.2 Å². The minimum Gasteiger partial charge on any atom is -0.465 e. The van der Waals surface area contributed by atoms with Gasteiger partial charge in [-0.15, -0.1) is 0 Å². The van der Waals surface area contributed by atoms with Crippen molar-refractivity contribution in [2.45, 2.75) is 34.1 Å². The van der Waals surface area contributed by atoms with Crippen LogP contribution in [0.1, 0.15) is 34.1 Å². The van der Waals surface area contributed by atoms with Gasteiger partial charge in [0.05, 0.1) is 12.5 Å². The zero-order valence-electron chi connectivity index (χ0n) is 9.04. The van der Waals surface area contributed by atoms with Gasteiger partial charge in [0.1, 0.15) is 0 Å². The predicted molar refractivity (Wildman–Crippen MR) is 54.4 cm³/mol. The first-order valence-corrected chi connectivity index (χ1v) is 4.85. The van der Waals surface area contributed by atoms with Crippen molar-refractivity contribution in [1.82, 2.24) is 0 Å². The Kier molecular flexibility index (Phi) is 6.29. The van der Waals surface area contributed by atoms with Crippen molar-refractivity contribution in [1.29, 1.82) is 0 Å². The van der Waals surface area contributed by atoms with Gasteiger partial charge in [0, 0.05) is 0 Å². The van der Waals surface area contributed by atoms with Crippen LogP contribution in [0.5, 0.6) is 0 Å². The lowest BCUT2D eigenvalue weighted by Crippen LogP contribution is -2.15. The summed E-state index contributed by atoms with van der Waals surface area (Å²) < 4.78 is 5.09. The first kappa shape index (κ1) is 12.2. The molecule has 0 N–H and O–H groups in total. The van der Waals surface area contributed by atoms with E-state index in [9.17, 15) is 4.79 Å². The molecule has 0 bridgehead atoms. The molecule has 0 radical (unpaired) electrons. The summed E-state index contributed by atoms with van der Waals surface area (Å²) in [6, 6.07) is 0. The van der Waals surface area contributed by atoms with E-state index in [1.54, 1.807) is 0 Å². The summed E-state index contributed by atoms with van der Waals surface area (Å²) in [4.78, 5) is 11.1. The van der Waals surface area contributed by atoms with Crippen molar-refractivity contribution < 1.29 is 9.53 Å². The van der Waals surface area contributed by atoms with E-state index in [2.05, 4.69) is 13.0 Å². The molecule has 1 unspecified atom stereocenters. The first-order chi connectivity index (χ1) is 6.07. The van der Waals surface area contributed by atoms with Crippen LogP contribution in [0.2, 0.25) is 0 Å². The van der Waals surface area contributed by atoms with Crippen LogP contribution in [0.4, 0.5) is 0 Å². The standard InChI is InChI=1S/C11H20O2/c1-5-6-7-10(4)8-13-11(12)9(2)3/h5-6,9-10H,7-8H2,1-4H3. The molecule has 0 aliphatic rings. The zero-order valence-corrected chi connectivity index (χ0v) is 9.04. The van der Waals surface area contributed by atoms with E-state index in [0.29, 0.717) is 12.5 Å². The van der Waals surface area contributed by atoms with Crippen molar-refractivity contribution in [2.75, 3.05) is 6.61 Å². The molecule has 0 aromatic carbocycles. The maximum atomic E-state index is 11.1. The summed E-state index contributed by atoms with van der Waals surface area (Å²) in [7, 11) is 0. The number of hydrogen-bond acceptors (Lipinski definition) is 2. The number of esters is 1. The molecule has 0 heterocycles. The number of ether oxygens (including phenoxy) is 1. The van der Waals surface area contributed by atoms with Crippen molar-refractivity contribution in [3.63, 3.8) is 0 Å². The van der Waals surface area contributed by atoms with Gasteiger partial charge in [0.25, 0.3) is 0 Å². The lowest BCUT2D eigenvalue weighted by Gasteiger charge is -2.11. The Morgan fingerprint density at radius 1 is 1.38 bits per heavy atom. The fourth-order valence-corrected chi connectivity index (χ4v) is 0.827. The highest BCUT2D eigenvalue weighted by atomic mass is 16.5. The second kappa shape index (κ2) is 6.70. The highest BCUT2D eigenvalue weighted by molar-refractivity contribution is 5.71. The fourth-order valence-electron chi connectivity index (χ4n) is 0.827. The van der Waals surface area contributed by atoms with Gasteiger partial charge in [-0.2, -0.15) is 0 Å². The van der Waals surface area contributed by atoms with Crippen molar-refractivity contribution in [3.8, 4) is 0 Å². The summed E-state index contributed by atoms with van der Waals surface area (Å²) in [5.41, 5.74) is 0. The van der Waals surface area contributed by atoms with Crippen LogP contribution in [0.25, 0.3) is 0 Å². The largest absolute Gasteiger partial charge is 0.465 e. The maximum Gasteiger partial charge on any atom is 0.308 e. The topological polar surface area (TPSA) is 26.3 Å². The maximum absolute atomic E-state index is 11.1. The third kappa shape index (κ3) is 6.38. The Bertz CT molecular complexity index is 171. The van der Waals surface area contributed by atoms with Crippen LogP contribution in [0.3, 0.4) is 0 Å². The number of hydrogen-bond donors (Lipinski definition) is 0. The van der Waals surface area contributed by atoms with E-state index >= 15 is 0 Å². The number of carbonyl (C=O) groups is 1. The molecule has 0 aliphatic heterocycles. The van der Waals surface area contributed by atoms with Gasteiger partial charge in [0.15, 0.2) is 0 Å². The SMILES string of the molecule is CC=CCC(C)COC(=O)C(C)C. The molecule has 0 aromatic heterocycles. The van der Waals surface area contributed by atoms with Crippen LogP contribution < -0.4 is 0 Å². The summed E-state index contributed by atoms with van der Waals surface area (Å²) >= 11 is 0. The van der Waals surface area contributed by atoms with Gasteiger partial charge in [-0.25, -0.2) is 0 Å². The highest BCUT2D eigenvalue weighted by Gasteiger charge is 2.09. The molecule has 0 fully saturated rings. The molecule has 2 nitrogen and oxygen atoms in total. The lowest BCUT2D eigenvalue weighted by molar-refractivity contribution is -0.148. The number of rotatable bonds is 5. The van der Waals surface area contributed by atoms with Gasteiger partial charge >= 0.3 is 5.97 Å². The van der Waals surface area contributed by atoms with Crippen LogP contribution >= 0.6 is 0 Å². The third-order valence-corrected chi connectivity index (χ3v) is 1.76. The van der Waals surface area contributed by atoms with E-state index in [-0.39, 0.29) is 11.9 Å². The molecule has 0 saturated heterocycles. The molecule has 0 aromatic rings. The number of carbonyl (C=O) groups excluding carboxylic acids is 1. The Morgan fingerprint density at radius 3 is 2.46 bits per heavy atom. The summed E-state index contributed by atoms with van der Waals surface area (Å²) in [6.45, 7) is 8.29. The monoisotopic (exact) mass is 184 g/mol. The quantitative estimate of drug-likeness (QED) is 0.485. The molecule has 0 rings (SSSR count). The Balaban J connectivity index is 3.57. The van der Waals surface area contributed by atoms with Crippen LogP contribution in [-0.2, 0) is 9.53 Å². The Hall–Kier alpha value is -0.790. The summed E-state index contributed by atoms with van der Waals surface area (Å²) in [5, 5.41) is 0. The van der Waals surface area contributed by atoms with Crippen LogP contribution in [0, 0.1) is 11.8 Å². The van der Waals surface area contributed by atoms with Gasteiger partial charge in [-0.1, -0.05) is 32.9 Å². The Morgan fingerprint density at radius 2 is 2.00 bits per heavy atom. The second-order valence-corrected chi connectivity index (χ2v) is 3.69. The van der Waals surface area contributed by atoms with E-state index in [0.717, 1.165) is 6.42 Å². The van der Waals surface area contributed by atoms with Gasteiger partial charge in [-0.3, -0.25) is 4.79 Å². The average Bonchev–Trinajstić information content (AvgIpc) is 2.10. The molecule has 13 heavy (non-hydrogen) atoms. The van der Waals surface area contributed by atoms with E-state index in [1.165, 1.54) is 0 Å². The van der Waals surface area contributed by atoms with Crippen LogP contribution in [-0.4, -0.2) is 12.6 Å². The third-order valence-electron chi connectivity index (χ3n) is 1.76. The smallest absolute Gasteiger partial charge is 0.308 e. The Labute approximate surface area is 81.0 Å². The first-order valence-electron chi connectivity index (χ1n) is 4.85. The average molecular weight is 184 g/mol. The molecule has 0 amide bonds. The normalized spacial score (nSPS) is 13.6. The number of allylic oxidation sites excluding steroid dienone is 2. The van der Waals surface area contributed by atoms with E-state index < -0.39 is 0 Å². The molecular formula is C11H20O2. The highest BCUT2D eigenvalue weighted by Crippen LogP contribution is 2.05. The summed E-state index contributed by atoms with van der Waals surface area (Å²) in [5.74, 6) is 0.292. The van der Waals surface area contributed by atoms with Gasteiger partial charge in [-0.05, 0) is 19.3 Å².